The molecule has 0 saturated heterocycles. The average molecular weight is 232 g/mol. The maximum atomic E-state index is 8.65. The van der Waals surface area contributed by atoms with E-state index >= 15 is 0 Å². The van der Waals surface area contributed by atoms with Gasteiger partial charge in [-0.1, -0.05) is 0 Å². The van der Waals surface area contributed by atoms with Crippen molar-refractivity contribution in [2.75, 3.05) is 5.73 Å². The van der Waals surface area contributed by atoms with E-state index in [-0.39, 0.29) is 11.2 Å². The normalized spacial score (nSPS) is 9.75. The molecule has 1 aromatic heterocycles. The zero-order chi connectivity index (χ0) is 11.5. The Morgan fingerprint density at radius 2 is 1.81 bits per heavy atom. The smallest absolute Gasteiger partial charge is 0.227 e. The third-order valence-electron chi connectivity index (χ3n) is 1.90. The van der Waals surface area contributed by atoms with Crippen molar-refractivity contribution in [1.29, 1.82) is 5.26 Å². The van der Waals surface area contributed by atoms with E-state index in [4.69, 9.17) is 22.6 Å². The Labute approximate surface area is 96.5 Å². The summed E-state index contributed by atoms with van der Waals surface area (Å²) in [4.78, 5) is 11.6. The molecule has 0 atom stereocenters. The molecule has 0 bridgehead atoms. The highest BCUT2D eigenvalue weighted by atomic mass is 35.5. The lowest BCUT2D eigenvalue weighted by atomic mass is 10.1. The first kappa shape index (κ1) is 10.3. The lowest BCUT2D eigenvalue weighted by Crippen LogP contribution is -1.99. The van der Waals surface area contributed by atoms with Crippen LogP contribution in [0.1, 0.15) is 5.56 Å². The SMILES string of the molecule is N#Cc1ccc(-c2nc(N)nc(Cl)n2)cc1. The number of nitrogen functional groups attached to an aromatic ring is 1. The summed E-state index contributed by atoms with van der Waals surface area (Å²) in [5.74, 6) is 0.460. The molecule has 0 aliphatic heterocycles. The van der Waals surface area contributed by atoms with Gasteiger partial charge in [0.1, 0.15) is 0 Å². The van der Waals surface area contributed by atoms with E-state index in [2.05, 4.69) is 15.0 Å². The molecular formula is C10H6ClN5. The van der Waals surface area contributed by atoms with Gasteiger partial charge in [0.2, 0.25) is 11.2 Å². The van der Waals surface area contributed by atoms with Crippen LogP contribution >= 0.6 is 11.6 Å². The molecule has 1 aromatic carbocycles. The average Bonchev–Trinajstić information content (AvgIpc) is 2.28. The maximum Gasteiger partial charge on any atom is 0.227 e. The maximum absolute atomic E-state index is 8.65. The van der Waals surface area contributed by atoms with Crippen LogP contribution in [0.5, 0.6) is 0 Å². The standard InChI is InChI=1S/C10H6ClN5/c11-9-14-8(15-10(13)16-9)7-3-1-6(5-12)2-4-7/h1-4H,(H2,13,14,15,16). The van der Waals surface area contributed by atoms with Crippen LogP contribution in [0.3, 0.4) is 0 Å². The largest absolute Gasteiger partial charge is 0.368 e. The highest BCUT2D eigenvalue weighted by Crippen LogP contribution is 2.17. The van der Waals surface area contributed by atoms with Crippen molar-refractivity contribution in [2.45, 2.75) is 0 Å². The van der Waals surface area contributed by atoms with Gasteiger partial charge < -0.3 is 5.73 Å². The molecular weight excluding hydrogens is 226 g/mol. The second kappa shape index (κ2) is 4.13. The first-order valence-electron chi connectivity index (χ1n) is 4.36. The van der Waals surface area contributed by atoms with Crippen molar-refractivity contribution in [3.05, 3.63) is 35.1 Å². The predicted molar refractivity (Wildman–Crippen MR) is 59.4 cm³/mol. The lowest BCUT2D eigenvalue weighted by molar-refractivity contribution is 1.07. The quantitative estimate of drug-likeness (QED) is 0.806. The minimum Gasteiger partial charge on any atom is -0.368 e. The summed E-state index contributed by atoms with van der Waals surface area (Å²) in [6.07, 6.45) is 0. The van der Waals surface area contributed by atoms with Crippen molar-refractivity contribution < 1.29 is 0 Å². The Morgan fingerprint density at radius 1 is 1.12 bits per heavy atom. The highest BCUT2D eigenvalue weighted by Gasteiger charge is 2.05. The van der Waals surface area contributed by atoms with E-state index < -0.39 is 0 Å². The number of hydrogen-bond donors (Lipinski definition) is 1. The predicted octanol–water partition coefficient (Wildman–Crippen LogP) is 1.65. The van der Waals surface area contributed by atoms with E-state index in [1.807, 2.05) is 6.07 Å². The molecule has 0 radical (unpaired) electrons. The molecule has 2 N–H and O–H groups in total. The van der Waals surface area contributed by atoms with E-state index in [0.717, 1.165) is 5.56 Å². The highest BCUT2D eigenvalue weighted by molar-refractivity contribution is 6.28. The van der Waals surface area contributed by atoms with Crippen molar-refractivity contribution in [2.24, 2.45) is 0 Å². The van der Waals surface area contributed by atoms with E-state index in [0.29, 0.717) is 11.4 Å². The van der Waals surface area contributed by atoms with Crippen LogP contribution < -0.4 is 5.73 Å². The molecule has 0 unspecified atom stereocenters. The van der Waals surface area contributed by atoms with E-state index in [1.54, 1.807) is 24.3 Å². The number of hydrogen-bond acceptors (Lipinski definition) is 5. The molecule has 2 rings (SSSR count). The zero-order valence-electron chi connectivity index (χ0n) is 8.05. The minimum atomic E-state index is 0.0480. The topological polar surface area (TPSA) is 88.5 Å². The second-order valence-corrected chi connectivity index (χ2v) is 3.31. The van der Waals surface area contributed by atoms with Gasteiger partial charge in [0.15, 0.2) is 5.82 Å². The van der Waals surface area contributed by atoms with Gasteiger partial charge in [0.25, 0.3) is 0 Å². The molecule has 0 amide bonds. The second-order valence-electron chi connectivity index (χ2n) is 2.98. The fraction of sp³-hybridized carbons (Fsp3) is 0. The molecule has 0 spiro atoms. The van der Waals surface area contributed by atoms with Crippen LogP contribution in [0, 0.1) is 11.3 Å². The van der Waals surface area contributed by atoms with Crippen LogP contribution in [0.4, 0.5) is 5.95 Å². The molecule has 78 valence electrons. The van der Waals surface area contributed by atoms with Crippen molar-refractivity contribution >= 4 is 17.5 Å². The summed E-state index contributed by atoms with van der Waals surface area (Å²) in [6.45, 7) is 0. The first-order chi connectivity index (χ1) is 7.69. The van der Waals surface area contributed by atoms with Gasteiger partial charge in [-0.25, -0.2) is 0 Å². The minimum absolute atomic E-state index is 0.0480. The Hall–Kier alpha value is -2.19. The summed E-state index contributed by atoms with van der Waals surface area (Å²) < 4.78 is 0. The Balaban J connectivity index is 2.47. The fourth-order valence-corrected chi connectivity index (χ4v) is 1.35. The molecule has 0 aliphatic carbocycles. The fourth-order valence-electron chi connectivity index (χ4n) is 1.19. The van der Waals surface area contributed by atoms with Gasteiger partial charge in [-0.05, 0) is 35.9 Å². The van der Waals surface area contributed by atoms with Gasteiger partial charge in [-0.2, -0.15) is 20.2 Å². The number of nitrogens with two attached hydrogens (primary N) is 1. The Bertz CT molecular complexity index is 538. The number of anilines is 1. The van der Waals surface area contributed by atoms with E-state index in [1.165, 1.54) is 0 Å². The number of nitriles is 1. The molecule has 5 nitrogen and oxygen atoms in total. The number of halogens is 1. The van der Waals surface area contributed by atoms with Crippen LogP contribution in [0.15, 0.2) is 24.3 Å². The van der Waals surface area contributed by atoms with Gasteiger partial charge in [-0.3, -0.25) is 0 Å². The Morgan fingerprint density at radius 3 is 2.38 bits per heavy atom. The molecule has 6 heteroatoms. The number of aromatic nitrogens is 3. The van der Waals surface area contributed by atoms with Gasteiger partial charge in [0.05, 0.1) is 11.6 Å². The van der Waals surface area contributed by atoms with Crippen molar-refractivity contribution in [1.82, 2.24) is 15.0 Å². The molecule has 2 aromatic rings. The Kier molecular flexibility index (Phi) is 2.66. The number of rotatable bonds is 1. The lowest BCUT2D eigenvalue weighted by Gasteiger charge is -2.01. The number of nitrogens with zero attached hydrogens (tertiary/aromatic N) is 4. The van der Waals surface area contributed by atoms with Gasteiger partial charge >= 0.3 is 0 Å². The van der Waals surface area contributed by atoms with Gasteiger partial charge in [-0.15, -0.1) is 0 Å². The third-order valence-corrected chi connectivity index (χ3v) is 2.07. The molecule has 0 fully saturated rings. The molecule has 0 saturated carbocycles. The van der Waals surface area contributed by atoms with Crippen LogP contribution in [-0.2, 0) is 0 Å². The monoisotopic (exact) mass is 231 g/mol. The van der Waals surface area contributed by atoms with Crippen molar-refractivity contribution in [3.8, 4) is 17.5 Å². The molecule has 0 aliphatic rings. The zero-order valence-corrected chi connectivity index (χ0v) is 8.81. The first-order valence-corrected chi connectivity index (χ1v) is 4.74. The summed E-state index contributed by atoms with van der Waals surface area (Å²) in [5, 5.41) is 8.70. The van der Waals surface area contributed by atoms with Crippen LogP contribution in [-0.4, -0.2) is 15.0 Å². The summed E-state index contributed by atoms with van der Waals surface area (Å²) in [6, 6.07) is 8.82. The molecule has 1 heterocycles. The number of benzene rings is 1. The third kappa shape index (κ3) is 2.07. The van der Waals surface area contributed by atoms with E-state index in [9.17, 15) is 0 Å². The van der Waals surface area contributed by atoms with Crippen molar-refractivity contribution in [3.63, 3.8) is 0 Å². The van der Waals surface area contributed by atoms with Gasteiger partial charge in [0, 0.05) is 5.56 Å². The molecule has 16 heavy (non-hydrogen) atoms. The van der Waals surface area contributed by atoms with Crippen LogP contribution in [0.2, 0.25) is 5.28 Å². The van der Waals surface area contributed by atoms with Crippen LogP contribution in [0.25, 0.3) is 11.4 Å². The summed E-state index contributed by atoms with van der Waals surface area (Å²) >= 11 is 5.66. The summed E-state index contributed by atoms with van der Waals surface area (Å²) in [7, 11) is 0. The summed E-state index contributed by atoms with van der Waals surface area (Å²) in [5.41, 5.74) is 6.75.